The highest BCUT2D eigenvalue weighted by Gasteiger charge is 2.16. The van der Waals surface area contributed by atoms with Crippen molar-refractivity contribution in [1.29, 1.82) is 0 Å². The molecule has 0 aromatic heterocycles. The van der Waals surface area contributed by atoms with Gasteiger partial charge in [0, 0.05) is 0 Å². The molecule has 1 aliphatic rings. The highest BCUT2D eigenvalue weighted by molar-refractivity contribution is 6.03. The van der Waals surface area contributed by atoms with Gasteiger partial charge in [-0.1, -0.05) is 44.2 Å². The van der Waals surface area contributed by atoms with Crippen molar-refractivity contribution in [3.05, 3.63) is 65.3 Å². The van der Waals surface area contributed by atoms with Crippen LogP contribution in [0.3, 0.4) is 0 Å². The Morgan fingerprint density at radius 1 is 1.23 bits per heavy atom. The number of hydrogen-bond acceptors (Lipinski definition) is 4. The minimum atomic E-state index is -0.542. The van der Waals surface area contributed by atoms with Gasteiger partial charge in [-0.15, -0.1) is 0 Å². The molecule has 4 nitrogen and oxygen atoms in total. The Morgan fingerprint density at radius 2 is 1.96 bits per heavy atom. The summed E-state index contributed by atoms with van der Waals surface area (Å²) in [6.07, 6.45) is 9.76. The third kappa shape index (κ3) is 5.73. The van der Waals surface area contributed by atoms with E-state index in [9.17, 15) is 14.7 Å². The van der Waals surface area contributed by atoms with E-state index < -0.39 is 5.97 Å². The molecular formula is C22H26O4. The molecular weight excluding hydrogens is 328 g/mol. The fourth-order valence-electron chi connectivity index (χ4n) is 2.60. The number of phenolic OH excluding ortho intramolecular Hbond substituents is 1. The minimum Gasteiger partial charge on any atom is -0.507 e. The molecule has 1 aromatic rings. The smallest absolute Gasteiger partial charge is 0.342 e. The average molecular weight is 354 g/mol. The van der Waals surface area contributed by atoms with Gasteiger partial charge >= 0.3 is 5.97 Å². The molecule has 0 saturated carbocycles. The molecule has 2 rings (SSSR count). The summed E-state index contributed by atoms with van der Waals surface area (Å²) in [5, 5.41) is 9.76. The zero-order chi connectivity index (χ0) is 19.2. The van der Waals surface area contributed by atoms with E-state index in [0.29, 0.717) is 6.42 Å². The lowest BCUT2D eigenvalue weighted by atomic mass is 9.87. The molecule has 0 fully saturated rings. The number of allylic oxidation sites excluding steroid dienone is 5. The number of carbonyl (C=O) groups excluding carboxylic acids is 2. The standard InChI is InChI=1S/C22H26O4/c1-16-7-6-8-17(11-13-22(2,3)14-12-19(16)23)15-26-21(25)18-9-4-5-10-20(18)24/h4-5,7,9-12,14,24H,6,8,13,15H2,1-3H3/b14-12-,16-7-,17-11+. The maximum Gasteiger partial charge on any atom is 0.342 e. The van der Waals surface area contributed by atoms with Gasteiger partial charge in [0.05, 0.1) is 0 Å². The summed E-state index contributed by atoms with van der Waals surface area (Å²) >= 11 is 0. The summed E-state index contributed by atoms with van der Waals surface area (Å²) in [5.41, 5.74) is 1.74. The number of para-hydroxylation sites is 1. The molecule has 4 heteroatoms. The van der Waals surface area contributed by atoms with Gasteiger partial charge in [-0.2, -0.15) is 0 Å². The van der Waals surface area contributed by atoms with Crippen LogP contribution in [0, 0.1) is 5.41 Å². The number of phenols is 1. The van der Waals surface area contributed by atoms with E-state index in [1.807, 2.05) is 19.1 Å². The van der Waals surface area contributed by atoms with Crippen LogP contribution >= 0.6 is 0 Å². The molecule has 0 atom stereocenters. The number of benzene rings is 1. The van der Waals surface area contributed by atoms with Gasteiger partial charge < -0.3 is 9.84 Å². The molecule has 0 heterocycles. The summed E-state index contributed by atoms with van der Waals surface area (Å²) in [7, 11) is 0. The lowest BCUT2D eigenvalue weighted by Crippen LogP contribution is -2.10. The monoisotopic (exact) mass is 354 g/mol. The van der Waals surface area contributed by atoms with Crippen molar-refractivity contribution < 1.29 is 19.4 Å². The first-order valence-corrected chi connectivity index (χ1v) is 8.82. The van der Waals surface area contributed by atoms with Crippen molar-refractivity contribution in [3.8, 4) is 5.75 Å². The Hall–Kier alpha value is -2.62. The summed E-state index contributed by atoms with van der Waals surface area (Å²) in [4.78, 5) is 24.2. The predicted molar refractivity (Wildman–Crippen MR) is 102 cm³/mol. The van der Waals surface area contributed by atoms with Crippen molar-refractivity contribution in [2.24, 2.45) is 5.41 Å². The molecule has 0 aliphatic heterocycles. The molecule has 26 heavy (non-hydrogen) atoms. The molecule has 0 unspecified atom stereocenters. The van der Waals surface area contributed by atoms with Crippen LogP contribution in [-0.4, -0.2) is 23.5 Å². The molecule has 138 valence electrons. The highest BCUT2D eigenvalue weighted by Crippen LogP contribution is 2.26. The second kappa shape index (κ2) is 8.65. The first kappa shape index (κ1) is 19.7. The molecule has 0 amide bonds. The van der Waals surface area contributed by atoms with Crippen molar-refractivity contribution in [2.45, 2.75) is 40.0 Å². The molecule has 1 aliphatic carbocycles. The Bertz CT molecular complexity index is 766. The molecule has 0 radical (unpaired) electrons. The average Bonchev–Trinajstić information content (AvgIpc) is 2.62. The lowest BCUT2D eigenvalue weighted by molar-refractivity contribution is -0.111. The van der Waals surface area contributed by atoms with Gasteiger partial charge in [0.15, 0.2) is 5.78 Å². The van der Waals surface area contributed by atoms with E-state index in [1.165, 1.54) is 12.1 Å². The third-order valence-corrected chi connectivity index (χ3v) is 4.42. The van der Waals surface area contributed by atoms with Crippen molar-refractivity contribution >= 4 is 11.8 Å². The Labute approximate surface area is 154 Å². The quantitative estimate of drug-likeness (QED) is 0.628. The molecule has 0 saturated heterocycles. The van der Waals surface area contributed by atoms with Crippen LogP contribution < -0.4 is 0 Å². The maximum absolute atomic E-state index is 12.2. The topological polar surface area (TPSA) is 63.6 Å². The molecule has 0 spiro atoms. The summed E-state index contributed by atoms with van der Waals surface area (Å²) in [5.74, 6) is -0.593. The number of aromatic hydroxyl groups is 1. The van der Waals surface area contributed by atoms with Gasteiger partial charge in [0.1, 0.15) is 17.9 Å². The minimum absolute atomic E-state index is 0.0347. The van der Waals surface area contributed by atoms with Crippen LogP contribution in [0.25, 0.3) is 0 Å². The number of esters is 1. The highest BCUT2D eigenvalue weighted by atomic mass is 16.5. The van der Waals surface area contributed by atoms with Crippen LogP contribution in [0.1, 0.15) is 50.4 Å². The lowest BCUT2D eigenvalue weighted by Gasteiger charge is -2.18. The van der Waals surface area contributed by atoms with Gasteiger partial charge in [-0.3, -0.25) is 4.79 Å². The SMILES string of the molecule is C/C1=C/CC/C(COC(=O)c2ccccc2O)=C\CC(C)(C)/C=C\C1=O. The molecule has 1 N–H and O–H groups in total. The maximum atomic E-state index is 12.2. The summed E-state index contributed by atoms with van der Waals surface area (Å²) in [6.45, 7) is 6.12. The van der Waals surface area contributed by atoms with Crippen LogP contribution in [0.15, 0.2) is 59.7 Å². The first-order valence-electron chi connectivity index (χ1n) is 8.82. The number of hydrogen-bond donors (Lipinski definition) is 1. The van der Waals surface area contributed by atoms with Crippen molar-refractivity contribution in [1.82, 2.24) is 0 Å². The Kier molecular flexibility index (Phi) is 6.56. The van der Waals surface area contributed by atoms with E-state index in [4.69, 9.17) is 4.74 Å². The largest absolute Gasteiger partial charge is 0.507 e. The van der Waals surface area contributed by atoms with Gasteiger partial charge in [-0.05, 0) is 61.0 Å². The zero-order valence-corrected chi connectivity index (χ0v) is 15.6. The number of ketones is 1. The Balaban J connectivity index is 2.10. The van der Waals surface area contributed by atoms with E-state index in [0.717, 1.165) is 24.0 Å². The molecule has 1 aromatic carbocycles. The summed E-state index contributed by atoms with van der Waals surface area (Å²) in [6, 6.07) is 6.34. The van der Waals surface area contributed by atoms with Gasteiger partial charge in [0.2, 0.25) is 0 Å². The number of rotatable bonds is 3. The van der Waals surface area contributed by atoms with E-state index >= 15 is 0 Å². The first-order chi connectivity index (χ1) is 12.3. The fraction of sp³-hybridized carbons (Fsp3) is 0.364. The predicted octanol–water partition coefficient (Wildman–Crippen LogP) is 4.76. The number of ether oxygens (including phenoxy) is 1. The third-order valence-electron chi connectivity index (χ3n) is 4.42. The summed E-state index contributed by atoms with van der Waals surface area (Å²) < 4.78 is 5.39. The van der Waals surface area contributed by atoms with Crippen LogP contribution in [-0.2, 0) is 9.53 Å². The Morgan fingerprint density at radius 3 is 2.69 bits per heavy atom. The second-order valence-electron chi connectivity index (χ2n) is 7.27. The van der Waals surface area contributed by atoms with Crippen LogP contribution in [0.5, 0.6) is 5.75 Å². The zero-order valence-electron chi connectivity index (χ0n) is 15.6. The molecule has 0 bridgehead atoms. The van der Waals surface area contributed by atoms with E-state index in [1.54, 1.807) is 18.2 Å². The normalized spacial score (nSPS) is 23.0. The fourth-order valence-corrected chi connectivity index (χ4v) is 2.60. The van der Waals surface area contributed by atoms with Gasteiger partial charge in [-0.25, -0.2) is 4.79 Å². The van der Waals surface area contributed by atoms with Crippen molar-refractivity contribution in [3.63, 3.8) is 0 Å². The second-order valence-corrected chi connectivity index (χ2v) is 7.27. The van der Waals surface area contributed by atoms with Crippen molar-refractivity contribution in [2.75, 3.05) is 6.61 Å². The number of carbonyl (C=O) groups is 2. The van der Waals surface area contributed by atoms with E-state index in [2.05, 4.69) is 19.9 Å². The van der Waals surface area contributed by atoms with Crippen LogP contribution in [0.2, 0.25) is 0 Å². The van der Waals surface area contributed by atoms with Crippen LogP contribution in [0.4, 0.5) is 0 Å². The van der Waals surface area contributed by atoms with Gasteiger partial charge in [0.25, 0.3) is 0 Å². The van der Waals surface area contributed by atoms with E-state index in [-0.39, 0.29) is 29.1 Å².